The lowest BCUT2D eigenvalue weighted by atomic mass is 10.1. The number of amides is 1. The number of carbonyl (C=O) groups excluding carboxylic acids is 2. The minimum absolute atomic E-state index is 0.00327. The van der Waals surface area contributed by atoms with Crippen LogP contribution in [0, 0.1) is 0 Å². The fraction of sp³-hybridized carbons (Fsp3) is 0.222. The highest BCUT2D eigenvalue weighted by atomic mass is 35.5. The van der Waals surface area contributed by atoms with Crippen LogP contribution in [-0.2, 0) is 21.2 Å². The summed E-state index contributed by atoms with van der Waals surface area (Å²) in [5, 5.41) is 3.29. The van der Waals surface area contributed by atoms with Gasteiger partial charge in [-0.05, 0) is 43.2 Å². The quantitative estimate of drug-likeness (QED) is 0.671. The molecule has 2 rings (SSSR count). The molecule has 0 saturated heterocycles. The summed E-state index contributed by atoms with van der Waals surface area (Å²) in [6.07, 6.45) is 0.613. The lowest BCUT2D eigenvalue weighted by Gasteiger charge is -2.08. The number of hydrogen-bond donors (Lipinski definition) is 2. The molecule has 1 amide bonds. The van der Waals surface area contributed by atoms with Gasteiger partial charge in [0, 0.05) is 17.1 Å². The Balaban J connectivity index is 1.81. The first kappa shape index (κ1) is 20.1. The molecule has 0 spiro atoms. The zero-order chi connectivity index (χ0) is 19.2. The van der Waals surface area contributed by atoms with E-state index in [1.807, 2.05) is 12.1 Å². The number of nitrogens with one attached hydrogen (secondary N) is 2. The summed E-state index contributed by atoms with van der Waals surface area (Å²) in [6.45, 7) is 1.42. The minimum atomic E-state index is -3.82. The van der Waals surface area contributed by atoms with Crippen LogP contribution in [-0.4, -0.2) is 33.2 Å². The van der Waals surface area contributed by atoms with Crippen molar-refractivity contribution in [3.05, 3.63) is 64.7 Å². The molecule has 0 unspecified atom stereocenters. The lowest BCUT2D eigenvalue weighted by molar-refractivity contribution is -0.119. The Morgan fingerprint density at radius 2 is 1.62 bits per heavy atom. The van der Waals surface area contributed by atoms with E-state index in [-0.39, 0.29) is 17.2 Å². The molecule has 26 heavy (non-hydrogen) atoms. The van der Waals surface area contributed by atoms with Gasteiger partial charge in [0.05, 0.1) is 11.4 Å². The van der Waals surface area contributed by atoms with Gasteiger partial charge < -0.3 is 5.32 Å². The number of sulfonamides is 1. The van der Waals surface area contributed by atoms with Crippen molar-refractivity contribution in [1.29, 1.82) is 0 Å². The van der Waals surface area contributed by atoms with Gasteiger partial charge in [0.15, 0.2) is 5.78 Å². The SMILES string of the molecule is CC(=O)c1ccc(S(=O)(=O)NCC(=O)NCCc2ccc(Cl)cc2)cc1. The van der Waals surface area contributed by atoms with E-state index in [1.54, 1.807) is 12.1 Å². The van der Waals surface area contributed by atoms with Crippen molar-refractivity contribution in [2.75, 3.05) is 13.1 Å². The van der Waals surface area contributed by atoms with Crippen LogP contribution in [0.4, 0.5) is 0 Å². The monoisotopic (exact) mass is 394 g/mol. The van der Waals surface area contributed by atoms with Crippen molar-refractivity contribution in [2.24, 2.45) is 0 Å². The van der Waals surface area contributed by atoms with E-state index in [0.717, 1.165) is 5.56 Å². The molecule has 8 heteroatoms. The normalized spacial score (nSPS) is 11.2. The molecular weight excluding hydrogens is 376 g/mol. The molecule has 0 aromatic heterocycles. The highest BCUT2D eigenvalue weighted by molar-refractivity contribution is 7.89. The average Bonchev–Trinajstić information content (AvgIpc) is 2.62. The van der Waals surface area contributed by atoms with Crippen LogP contribution < -0.4 is 10.0 Å². The molecular formula is C18H19ClN2O4S. The van der Waals surface area contributed by atoms with E-state index in [1.165, 1.54) is 31.2 Å². The highest BCUT2D eigenvalue weighted by Crippen LogP contribution is 2.11. The van der Waals surface area contributed by atoms with Crippen molar-refractivity contribution in [3.63, 3.8) is 0 Å². The van der Waals surface area contributed by atoms with Crippen LogP contribution >= 0.6 is 11.6 Å². The highest BCUT2D eigenvalue weighted by Gasteiger charge is 2.15. The zero-order valence-corrected chi connectivity index (χ0v) is 15.7. The first-order chi connectivity index (χ1) is 12.3. The van der Waals surface area contributed by atoms with Crippen LogP contribution in [0.3, 0.4) is 0 Å². The Bertz CT molecular complexity index is 878. The maximum Gasteiger partial charge on any atom is 0.241 e. The number of carbonyl (C=O) groups is 2. The summed E-state index contributed by atoms with van der Waals surface area (Å²) in [6, 6.07) is 12.8. The molecule has 0 aliphatic carbocycles. The standard InChI is InChI=1S/C18H19ClN2O4S/c1-13(22)15-4-8-17(9-5-15)26(24,25)21-12-18(23)20-11-10-14-2-6-16(19)7-3-14/h2-9,21H,10-12H2,1H3,(H,20,23). The summed E-state index contributed by atoms with van der Waals surface area (Å²) in [4.78, 5) is 23.0. The van der Waals surface area contributed by atoms with E-state index in [9.17, 15) is 18.0 Å². The summed E-state index contributed by atoms with van der Waals surface area (Å²) in [5.74, 6) is -0.579. The second-order valence-electron chi connectivity index (χ2n) is 5.63. The van der Waals surface area contributed by atoms with Gasteiger partial charge in [0.25, 0.3) is 0 Å². The van der Waals surface area contributed by atoms with Crippen molar-refractivity contribution in [2.45, 2.75) is 18.2 Å². The Labute approximate surface area is 157 Å². The van der Waals surface area contributed by atoms with Gasteiger partial charge in [0.1, 0.15) is 0 Å². The van der Waals surface area contributed by atoms with Crippen LogP contribution in [0.5, 0.6) is 0 Å². The van der Waals surface area contributed by atoms with Gasteiger partial charge in [-0.3, -0.25) is 9.59 Å². The van der Waals surface area contributed by atoms with Gasteiger partial charge in [-0.2, -0.15) is 0 Å². The fourth-order valence-corrected chi connectivity index (χ4v) is 3.28. The molecule has 0 aliphatic rings. The Hall–Kier alpha value is -2.22. The van der Waals surface area contributed by atoms with Crippen molar-refractivity contribution >= 4 is 33.3 Å². The maximum atomic E-state index is 12.2. The van der Waals surface area contributed by atoms with Gasteiger partial charge in [-0.25, -0.2) is 13.1 Å². The van der Waals surface area contributed by atoms with E-state index in [4.69, 9.17) is 11.6 Å². The molecule has 2 N–H and O–H groups in total. The second-order valence-corrected chi connectivity index (χ2v) is 7.83. The Morgan fingerprint density at radius 3 is 2.19 bits per heavy atom. The van der Waals surface area contributed by atoms with Crippen LogP contribution in [0.15, 0.2) is 53.4 Å². The first-order valence-corrected chi connectivity index (χ1v) is 9.76. The van der Waals surface area contributed by atoms with E-state index >= 15 is 0 Å². The van der Waals surface area contributed by atoms with Crippen molar-refractivity contribution in [3.8, 4) is 0 Å². The van der Waals surface area contributed by atoms with Crippen LogP contribution in [0.25, 0.3) is 0 Å². The number of Topliss-reactive ketones (excluding diaryl/α,β-unsaturated/α-hetero) is 1. The number of hydrogen-bond acceptors (Lipinski definition) is 4. The summed E-state index contributed by atoms with van der Waals surface area (Å²) in [7, 11) is -3.82. The summed E-state index contributed by atoms with van der Waals surface area (Å²) in [5.41, 5.74) is 1.43. The van der Waals surface area contributed by atoms with Crippen molar-refractivity contribution in [1.82, 2.24) is 10.0 Å². The number of halogens is 1. The number of benzene rings is 2. The smallest absolute Gasteiger partial charge is 0.241 e. The van der Waals surface area contributed by atoms with E-state index in [0.29, 0.717) is 23.6 Å². The van der Waals surface area contributed by atoms with Crippen molar-refractivity contribution < 1.29 is 18.0 Å². The molecule has 0 saturated carbocycles. The molecule has 2 aromatic carbocycles. The Kier molecular flexibility index (Phi) is 6.90. The Morgan fingerprint density at radius 1 is 1.00 bits per heavy atom. The molecule has 0 atom stereocenters. The predicted molar refractivity (Wildman–Crippen MR) is 99.8 cm³/mol. The number of ketones is 1. The molecule has 0 bridgehead atoms. The third-order valence-corrected chi connectivity index (χ3v) is 5.31. The molecule has 6 nitrogen and oxygen atoms in total. The first-order valence-electron chi connectivity index (χ1n) is 7.90. The van der Waals surface area contributed by atoms with Gasteiger partial charge in [0.2, 0.25) is 15.9 Å². The van der Waals surface area contributed by atoms with E-state index in [2.05, 4.69) is 10.0 Å². The van der Waals surface area contributed by atoms with Crippen LogP contribution in [0.1, 0.15) is 22.8 Å². The summed E-state index contributed by atoms with van der Waals surface area (Å²) >= 11 is 5.80. The maximum absolute atomic E-state index is 12.2. The topological polar surface area (TPSA) is 92.3 Å². The molecule has 0 radical (unpaired) electrons. The lowest BCUT2D eigenvalue weighted by Crippen LogP contribution is -2.37. The summed E-state index contributed by atoms with van der Waals surface area (Å²) < 4.78 is 26.6. The van der Waals surface area contributed by atoms with Gasteiger partial charge in [-0.15, -0.1) is 0 Å². The van der Waals surface area contributed by atoms with E-state index < -0.39 is 15.9 Å². The molecule has 0 heterocycles. The predicted octanol–water partition coefficient (Wildman–Crippen LogP) is 2.18. The van der Waals surface area contributed by atoms with Crippen LogP contribution in [0.2, 0.25) is 5.02 Å². The fourth-order valence-electron chi connectivity index (χ4n) is 2.17. The zero-order valence-electron chi connectivity index (χ0n) is 14.2. The molecule has 138 valence electrons. The third kappa shape index (κ3) is 5.94. The molecule has 0 fully saturated rings. The van der Waals surface area contributed by atoms with Gasteiger partial charge in [-0.1, -0.05) is 35.9 Å². The minimum Gasteiger partial charge on any atom is -0.355 e. The average molecular weight is 395 g/mol. The molecule has 2 aromatic rings. The largest absolute Gasteiger partial charge is 0.355 e. The second kappa shape index (κ2) is 8.93. The molecule has 0 aliphatic heterocycles. The third-order valence-electron chi connectivity index (χ3n) is 3.64. The number of rotatable bonds is 8. The van der Waals surface area contributed by atoms with Gasteiger partial charge >= 0.3 is 0 Å².